The summed E-state index contributed by atoms with van der Waals surface area (Å²) < 4.78 is 0. The van der Waals surface area contributed by atoms with Crippen LogP contribution >= 0.6 is 12.2 Å². The van der Waals surface area contributed by atoms with Crippen LogP contribution in [0.15, 0.2) is 0 Å². The molecule has 0 bridgehead atoms. The Bertz CT molecular complexity index is 288. The molecular formula is C11H20N2OS. The van der Waals surface area contributed by atoms with Gasteiger partial charge in [0, 0.05) is 25.4 Å². The molecule has 0 radical (unpaired) electrons. The molecule has 1 amide bonds. The molecule has 2 unspecified atom stereocenters. The fourth-order valence-corrected chi connectivity index (χ4v) is 2.02. The highest BCUT2D eigenvalue weighted by Crippen LogP contribution is 2.52. The van der Waals surface area contributed by atoms with E-state index in [4.69, 9.17) is 18.0 Å². The monoisotopic (exact) mass is 228 g/mol. The van der Waals surface area contributed by atoms with Gasteiger partial charge in [-0.1, -0.05) is 26.1 Å². The molecule has 1 aliphatic carbocycles. The molecule has 1 rings (SSSR count). The van der Waals surface area contributed by atoms with Crippen LogP contribution in [0.3, 0.4) is 0 Å². The van der Waals surface area contributed by atoms with Gasteiger partial charge in [0.15, 0.2) is 0 Å². The summed E-state index contributed by atoms with van der Waals surface area (Å²) in [6, 6.07) is 0.103. The molecule has 1 aliphatic rings. The van der Waals surface area contributed by atoms with Crippen LogP contribution in [-0.4, -0.2) is 28.9 Å². The van der Waals surface area contributed by atoms with Crippen molar-refractivity contribution in [1.29, 1.82) is 0 Å². The van der Waals surface area contributed by atoms with E-state index in [1.807, 2.05) is 14.0 Å². The van der Waals surface area contributed by atoms with E-state index in [1.54, 1.807) is 4.90 Å². The Balaban J connectivity index is 2.50. The third-order valence-corrected chi connectivity index (χ3v) is 3.48. The van der Waals surface area contributed by atoms with Crippen LogP contribution in [0.1, 0.15) is 33.6 Å². The first kappa shape index (κ1) is 12.4. The van der Waals surface area contributed by atoms with E-state index < -0.39 is 0 Å². The minimum atomic E-state index is 0.103. The van der Waals surface area contributed by atoms with Gasteiger partial charge in [-0.25, -0.2) is 0 Å². The number of rotatable bonds is 4. The second kappa shape index (κ2) is 4.08. The molecule has 0 aliphatic heterocycles. The largest absolute Gasteiger partial charge is 0.393 e. The smallest absolute Gasteiger partial charge is 0.226 e. The van der Waals surface area contributed by atoms with Crippen molar-refractivity contribution in [2.24, 2.45) is 17.1 Å². The first-order chi connectivity index (χ1) is 6.75. The minimum absolute atomic E-state index is 0.103. The molecule has 2 N–H and O–H groups in total. The van der Waals surface area contributed by atoms with Gasteiger partial charge >= 0.3 is 0 Å². The van der Waals surface area contributed by atoms with E-state index in [1.165, 1.54) is 0 Å². The molecule has 1 fully saturated rings. The maximum atomic E-state index is 12.0. The average Bonchev–Trinajstić information content (AvgIpc) is 2.71. The third-order valence-electron chi connectivity index (χ3n) is 3.32. The number of carbonyl (C=O) groups is 1. The number of nitrogens with zero attached hydrogens (tertiary/aromatic N) is 1. The Hall–Kier alpha value is -0.640. The number of carbonyl (C=O) groups excluding carboxylic acids is 1. The quantitative estimate of drug-likeness (QED) is 0.743. The predicted molar refractivity (Wildman–Crippen MR) is 65.5 cm³/mol. The van der Waals surface area contributed by atoms with Gasteiger partial charge in [0.2, 0.25) is 5.91 Å². The lowest BCUT2D eigenvalue weighted by molar-refractivity contribution is -0.133. The van der Waals surface area contributed by atoms with E-state index in [-0.39, 0.29) is 23.3 Å². The SMILES string of the molecule is CC(CC(N)=S)N(C)C(=O)C1CC1(C)C. The topological polar surface area (TPSA) is 46.3 Å². The van der Waals surface area contributed by atoms with Crippen molar-refractivity contribution in [3.63, 3.8) is 0 Å². The van der Waals surface area contributed by atoms with Crippen LogP contribution < -0.4 is 5.73 Å². The van der Waals surface area contributed by atoms with E-state index in [9.17, 15) is 4.79 Å². The Morgan fingerprint density at radius 3 is 2.47 bits per heavy atom. The van der Waals surface area contributed by atoms with Gasteiger partial charge < -0.3 is 10.6 Å². The first-order valence-electron chi connectivity index (χ1n) is 5.30. The Morgan fingerprint density at radius 2 is 2.13 bits per heavy atom. The molecule has 0 heterocycles. The van der Waals surface area contributed by atoms with Crippen LogP contribution in [0.25, 0.3) is 0 Å². The minimum Gasteiger partial charge on any atom is -0.393 e. The van der Waals surface area contributed by atoms with Gasteiger partial charge in [0.05, 0.1) is 4.99 Å². The standard InChI is InChI=1S/C11H20N2OS/c1-7(5-9(12)15)13(4)10(14)8-6-11(8,2)3/h7-8H,5-6H2,1-4H3,(H2,12,15). The molecule has 2 atom stereocenters. The lowest BCUT2D eigenvalue weighted by Crippen LogP contribution is -2.38. The zero-order valence-electron chi connectivity index (χ0n) is 9.91. The Morgan fingerprint density at radius 1 is 1.67 bits per heavy atom. The number of thiocarbonyl (C=S) groups is 1. The van der Waals surface area contributed by atoms with E-state index in [0.29, 0.717) is 11.4 Å². The Kier molecular flexibility index (Phi) is 3.38. The van der Waals surface area contributed by atoms with Gasteiger partial charge in [-0.3, -0.25) is 4.79 Å². The summed E-state index contributed by atoms with van der Waals surface area (Å²) in [6.07, 6.45) is 1.60. The molecule has 0 aromatic heterocycles. The summed E-state index contributed by atoms with van der Waals surface area (Å²) in [5, 5.41) is 0. The summed E-state index contributed by atoms with van der Waals surface area (Å²) >= 11 is 4.84. The molecule has 0 aromatic rings. The summed E-state index contributed by atoms with van der Waals surface area (Å²) in [4.78, 5) is 14.2. The highest BCUT2D eigenvalue weighted by molar-refractivity contribution is 7.80. The van der Waals surface area contributed by atoms with E-state index >= 15 is 0 Å². The highest BCUT2D eigenvalue weighted by Gasteiger charge is 2.51. The summed E-state index contributed by atoms with van der Waals surface area (Å²) in [6.45, 7) is 6.23. The van der Waals surface area contributed by atoms with Gasteiger partial charge in [-0.05, 0) is 18.8 Å². The molecule has 86 valence electrons. The van der Waals surface area contributed by atoms with Crippen molar-refractivity contribution in [2.45, 2.75) is 39.7 Å². The summed E-state index contributed by atoms with van der Waals surface area (Å²) in [5.41, 5.74) is 5.66. The van der Waals surface area contributed by atoms with Crippen LogP contribution in [0.5, 0.6) is 0 Å². The van der Waals surface area contributed by atoms with Crippen molar-refractivity contribution < 1.29 is 4.79 Å². The van der Waals surface area contributed by atoms with Crippen molar-refractivity contribution in [3.05, 3.63) is 0 Å². The molecule has 0 aromatic carbocycles. The average molecular weight is 228 g/mol. The van der Waals surface area contributed by atoms with Crippen molar-refractivity contribution >= 4 is 23.1 Å². The summed E-state index contributed by atoms with van der Waals surface area (Å²) in [7, 11) is 1.83. The highest BCUT2D eigenvalue weighted by atomic mass is 32.1. The summed E-state index contributed by atoms with van der Waals surface area (Å²) in [5.74, 6) is 0.417. The number of nitrogens with two attached hydrogens (primary N) is 1. The molecule has 1 saturated carbocycles. The fourth-order valence-electron chi connectivity index (χ4n) is 1.78. The van der Waals surface area contributed by atoms with Gasteiger partial charge in [0.25, 0.3) is 0 Å². The molecule has 0 saturated heterocycles. The first-order valence-corrected chi connectivity index (χ1v) is 5.71. The van der Waals surface area contributed by atoms with Crippen LogP contribution in [0, 0.1) is 11.3 Å². The number of hydrogen-bond donors (Lipinski definition) is 1. The third kappa shape index (κ3) is 2.91. The fraction of sp³-hybridized carbons (Fsp3) is 0.818. The second-order valence-electron chi connectivity index (χ2n) is 5.21. The molecule has 4 heteroatoms. The maximum Gasteiger partial charge on any atom is 0.226 e. The van der Waals surface area contributed by atoms with E-state index in [0.717, 1.165) is 6.42 Å². The van der Waals surface area contributed by atoms with E-state index in [2.05, 4.69) is 13.8 Å². The second-order valence-corrected chi connectivity index (χ2v) is 5.74. The molecule has 3 nitrogen and oxygen atoms in total. The lowest BCUT2D eigenvalue weighted by atomic mass is 10.1. The predicted octanol–water partition coefficient (Wildman–Crippen LogP) is 1.56. The van der Waals surface area contributed by atoms with Gasteiger partial charge in [0.1, 0.15) is 0 Å². The van der Waals surface area contributed by atoms with Gasteiger partial charge in [-0.15, -0.1) is 0 Å². The zero-order chi connectivity index (χ0) is 11.8. The number of hydrogen-bond acceptors (Lipinski definition) is 2. The zero-order valence-corrected chi connectivity index (χ0v) is 10.7. The van der Waals surface area contributed by atoms with Gasteiger partial charge in [-0.2, -0.15) is 0 Å². The molecular weight excluding hydrogens is 208 g/mol. The van der Waals surface area contributed by atoms with Crippen LogP contribution in [0.4, 0.5) is 0 Å². The molecule has 15 heavy (non-hydrogen) atoms. The lowest BCUT2D eigenvalue weighted by Gasteiger charge is -2.25. The van der Waals surface area contributed by atoms with Crippen molar-refractivity contribution in [1.82, 2.24) is 4.90 Å². The maximum absolute atomic E-state index is 12.0. The number of amides is 1. The Labute approximate surface area is 97.0 Å². The van der Waals surface area contributed by atoms with Crippen LogP contribution in [-0.2, 0) is 4.79 Å². The normalized spacial score (nSPS) is 24.4. The van der Waals surface area contributed by atoms with Crippen molar-refractivity contribution in [3.8, 4) is 0 Å². The van der Waals surface area contributed by atoms with Crippen LogP contribution in [0.2, 0.25) is 0 Å². The van der Waals surface area contributed by atoms with Crippen molar-refractivity contribution in [2.75, 3.05) is 7.05 Å². The molecule has 0 spiro atoms.